The van der Waals surface area contributed by atoms with Gasteiger partial charge in [0.05, 0.1) is 18.7 Å². The van der Waals surface area contributed by atoms with Crippen molar-refractivity contribution in [2.24, 2.45) is 5.92 Å². The third-order valence-corrected chi connectivity index (χ3v) is 6.04. The maximum absolute atomic E-state index is 12.0. The van der Waals surface area contributed by atoms with Crippen molar-refractivity contribution < 1.29 is 27.5 Å². The average Bonchev–Trinajstić information content (AvgIpc) is 3.11. The SMILES string of the molecule is CS(=O)(=O)N1CCC(C(=O)OCC(=O)NC(=O)NCc2cccs2)CC1. The zero-order valence-electron chi connectivity index (χ0n) is 14.3. The Morgan fingerprint density at radius 2 is 2.00 bits per heavy atom. The summed E-state index contributed by atoms with van der Waals surface area (Å²) in [4.78, 5) is 36.1. The number of amides is 3. The zero-order chi connectivity index (χ0) is 19.2. The van der Waals surface area contributed by atoms with E-state index in [2.05, 4.69) is 10.6 Å². The monoisotopic (exact) mass is 403 g/mol. The van der Waals surface area contributed by atoms with Crippen molar-refractivity contribution in [3.63, 3.8) is 0 Å². The first kappa shape index (κ1) is 20.3. The number of hydrogen-bond donors (Lipinski definition) is 2. The summed E-state index contributed by atoms with van der Waals surface area (Å²) in [6.07, 6.45) is 1.81. The maximum atomic E-state index is 12.0. The van der Waals surface area contributed by atoms with Crippen molar-refractivity contribution in [1.82, 2.24) is 14.9 Å². The molecule has 3 amide bonds. The molecule has 1 saturated heterocycles. The molecule has 26 heavy (non-hydrogen) atoms. The van der Waals surface area contributed by atoms with Gasteiger partial charge in [-0.1, -0.05) is 6.07 Å². The smallest absolute Gasteiger partial charge is 0.321 e. The Hall–Kier alpha value is -1.98. The van der Waals surface area contributed by atoms with Gasteiger partial charge in [0.15, 0.2) is 6.61 Å². The van der Waals surface area contributed by atoms with E-state index < -0.39 is 40.5 Å². The van der Waals surface area contributed by atoms with Crippen LogP contribution in [-0.2, 0) is 30.9 Å². The van der Waals surface area contributed by atoms with Crippen LogP contribution in [0.3, 0.4) is 0 Å². The molecule has 0 unspecified atom stereocenters. The summed E-state index contributed by atoms with van der Waals surface area (Å²) >= 11 is 1.48. The Morgan fingerprint density at radius 3 is 2.58 bits per heavy atom. The van der Waals surface area contributed by atoms with E-state index in [9.17, 15) is 22.8 Å². The van der Waals surface area contributed by atoms with E-state index in [1.54, 1.807) is 0 Å². The predicted octanol–water partition coefficient (Wildman–Crippen LogP) is 0.289. The number of urea groups is 1. The lowest BCUT2D eigenvalue weighted by Gasteiger charge is -2.28. The van der Waals surface area contributed by atoms with Crippen molar-refractivity contribution in [3.05, 3.63) is 22.4 Å². The highest BCUT2D eigenvalue weighted by atomic mass is 32.2. The molecule has 1 aromatic rings. The van der Waals surface area contributed by atoms with Gasteiger partial charge in [-0.25, -0.2) is 17.5 Å². The summed E-state index contributed by atoms with van der Waals surface area (Å²) in [5, 5.41) is 6.48. The maximum Gasteiger partial charge on any atom is 0.321 e. The Kier molecular flexibility index (Phi) is 7.12. The fourth-order valence-electron chi connectivity index (χ4n) is 2.47. The molecule has 0 spiro atoms. The molecule has 1 aliphatic rings. The number of hydrogen-bond acceptors (Lipinski definition) is 7. The van der Waals surface area contributed by atoms with Gasteiger partial charge in [-0.15, -0.1) is 11.3 Å². The lowest BCUT2D eigenvalue weighted by Crippen LogP contribution is -2.42. The summed E-state index contributed by atoms with van der Waals surface area (Å²) in [5.41, 5.74) is 0. The molecule has 1 aliphatic heterocycles. The topological polar surface area (TPSA) is 122 Å². The van der Waals surface area contributed by atoms with Crippen molar-refractivity contribution in [1.29, 1.82) is 0 Å². The number of nitrogens with zero attached hydrogens (tertiary/aromatic N) is 1. The normalized spacial score (nSPS) is 16.0. The van der Waals surface area contributed by atoms with Gasteiger partial charge in [0.2, 0.25) is 10.0 Å². The molecule has 1 aromatic heterocycles. The van der Waals surface area contributed by atoms with Crippen LogP contribution in [0, 0.1) is 5.92 Å². The van der Waals surface area contributed by atoms with Crippen LogP contribution >= 0.6 is 11.3 Å². The van der Waals surface area contributed by atoms with Gasteiger partial charge in [0.25, 0.3) is 5.91 Å². The Morgan fingerprint density at radius 1 is 1.31 bits per heavy atom. The molecule has 0 radical (unpaired) electrons. The fourth-order valence-corrected chi connectivity index (χ4v) is 3.98. The van der Waals surface area contributed by atoms with Gasteiger partial charge in [0.1, 0.15) is 0 Å². The second-order valence-electron chi connectivity index (χ2n) is 5.85. The Balaban J connectivity index is 1.65. The van der Waals surface area contributed by atoms with Gasteiger partial charge in [-0.3, -0.25) is 14.9 Å². The predicted molar refractivity (Wildman–Crippen MR) is 94.8 cm³/mol. The van der Waals surface area contributed by atoms with Gasteiger partial charge >= 0.3 is 12.0 Å². The van der Waals surface area contributed by atoms with Crippen molar-refractivity contribution in [2.75, 3.05) is 26.0 Å². The minimum atomic E-state index is -3.26. The standard InChI is InChI=1S/C15H21N3O6S2/c1-26(22,23)18-6-4-11(5-7-18)14(20)24-10-13(19)17-15(21)16-9-12-3-2-8-25-12/h2-3,8,11H,4-7,9-10H2,1H3,(H2,16,17,19,21). The summed E-state index contributed by atoms with van der Waals surface area (Å²) in [6.45, 7) is 0.235. The van der Waals surface area contributed by atoms with Crippen LogP contribution in [-0.4, -0.2) is 56.6 Å². The van der Waals surface area contributed by atoms with Crippen molar-refractivity contribution in [3.8, 4) is 0 Å². The van der Waals surface area contributed by atoms with Crippen LogP contribution in [0.5, 0.6) is 0 Å². The van der Waals surface area contributed by atoms with Crippen LogP contribution in [0.15, 0.2) is 17.5 Å². The summed E-state index contributed by atoms with van der Waals surface area (Å²) in [7, 11) is -3.26. The van der Waals surface area contributed by atoms with Crippen molar-refractivity contribution in [2.45, 2.75) is 19.4 Å². The van der Waals surface area contributed by atoms with E-state index in [4.69, 9.17) is 4.74 Å². The number of imide groups is 1. The molecular weight excluding hydrogens is 382 g/mol. The minimum Gasteiger partial charge on any atom is -0.455 e. The van der Waals surface area contributed by atoms with E-state index in [-0.39, 0.29) is 13.1 Å². The van der Waals surface area contributed by atoms with Crippen LogP contribution in [0.25, 0.3) is 0 Å². The van der Waals surface area contributed by atoms with Crippen LogP contribution < -0.4 is 10.6 Å². The van der Waals surface area contributed by atoms with Crippen LogP contribution in [0.4, 0.5) is 4.79 Å². The number of carbonyl (C=O) groups is 3. The van der Waals surface area contributed by atoms with Gasteiger partial charge < -0.3 is 10.1 Å². The van der Waals surface area contributed by atoms with E-state index in [1.165, 1.54) is 15.6 Å². The highest BCUT2D eigenvalue weighted by Crippen LogP contribution is 2.20. The summed E-state index contributed by atoms with van der Waals surface area (Å²) in [5.74, 6) is -1.74. The van der Waals surface area contributed by atoms with Gasteiger partial charge in [-0.2, -0.15) is 0 Å². The number of piperidine rings is 1. The van der Waals surface area contributed by atoms with E-state index in [1.807, 2.05) is 17.5 Å². The molecule has 0 aliphatic carbocycles. The van der Waals surface area contributed by atoms with Gasteiger partial charge in [-0.05, 0) is 24.3 Å². The van der Waals surface area contributed by atoms with Crippen molar-refractivity contribution >= 4 is 39.3 Å². The molecule has 2 N–H and O–H groups in total. The Bertz CT molecular complexity index is 739. The first-order chi connectivity index (χ1) is 12.3. The lowest BCUT2D eigenvalue weighted by atomic mass is 9.98. The number of carbonyl (C=O) groups excluding carboxylic acids is 3. The number of sulfonamides is 1. The lowest BCUT2D eigenvalue weighted by molar-refractivity contribution is -0.153. The van der Waals surface area contributed by atoms with E-state index in [0.717, 1.165) is 11.1 Å². The minimum absolute atomic E-state index is 0.246. The number of rotatable bonds is 6. The number of thiophene rings is 1. The molecular formula is C15H21N3O6S2. The molecule has 9 nitrogen and oxygen atoms in total. The number of nitrogens with one attached hydrogen (secondary N) is 2. The molecule has 2 rings (SSSR count). The van der Waals surface area contributed by atoms with E-state index in [0.29, 0.717) is 19.4 Å². The first-order valence-electron chi connectivity index (χ1n) is 7.97. The molecule has 0 saturated carbocycles. The van der Waals surface area contributed by atoms with E-state index >= 15 is 0 Å². The second-order valence-corrected chi connectivity index (χ2v) is 8.87. The summed E-state index contributed by atoms with van der Waals surface area (Å²) in [6, 6.07) is 3.04. The highest BCUT2D eigenvalue weighted by molar-refractivity contribution is 7.88. The quantitative estimate of drug-likeness (QED) is 0.659. The fraction of sp³-hybridized carbons (Fsp3) is 0.533. The third-order valence-electron chi connectivity index (χ3n) is 3.86. The molecule has 0 atom stereocenters. The second kappa shape index (κ2) is 9.10. The third kappa shape index (κ3) is 6.39. The molecule has 1 fully saturated rings. The molecule has 0 aromatic carbocycles. The average molecular weight is 403 g/mol. The first-order valence-corrected chi connectivity index (χ1v) is 10.7. The number of esters is 1. The molecule has 2 heterocycles. The van der Waals surface area contributed by atoms with Gasteiger partial charge in [0, 0.05) is 18.0 Å². The summed E-state index contributed by atoms with van der Waals surface area (Å²) < 4.78 is 29.1. The number of ether oxygens (including phenoxy) is 1. The Labute approximate surface area is 155 Å². The molecule has 0 bridgehead atoms. The van der Waals surface area contributed by atoms with Crippen LogP contribution in [0.2, 0.25) is 0 Å². The molecule has 11 heteroatoms. The zero-order valence-corrected chi connectivity index (χ0v) is 15.9. The molecule has 144 valence electrons. The highest BCUT2D eigenvalue weighted by Gasteiger charge is 2.30. The largest absolute Gasteiger partial charge is 0.455 e. The van der Waals surface area contributed by atoms with Crippen LogP contribution in [0.1, 0.15) is 17.7 Å².